The molecule has 0 spiro atoms. The minimum Gasteiger partial charge on any atom is -0.238 e. The molecule has 0 aliphatic heterocycles. The van der Waals surface area contributed by atoms with Crippen molar-refractivity contribution in [1.29, 1.82) is 10.5 Å². The molecule has 0 saturated carbocycles. The van der Waals surface area contributed by atoms with E-state index in [0.717, 1.165) is 0 Å². The van der Waals surface area contributed by atoms with Crippen LogP contribution in [0.25, 0.3) is 4.85 Å². The van der Waals surface area contributed by atoms with Crippen molar-refractivity contribution in [2.45, 2.75) is 13.8 Å². The zero-order valence-corrected chi connectivity index (χ0v) is 7.92. The molecule has 3 heteroatoms. The second-order valence-corrected chi connectivity index (χ2v) is 2.90. The van der Waals surface area contributed by atoms with Crippen molar-refractivity contribution >= 4 is 5.69 Å². The number of hydrogen-bond donors (Lipinski definition) is 0. The highest BCUT2D eigenvalue weighted by Crippen LogP contribution is 2.27. The summed E-state index contributed by atoms with van der Waals surface area (Å²) in [5.74, 6) is 0. The van der Waals surface area contributed by atoms with E-state index in [1.165, 1.54) is 6.07 Å². The topological polar surface area (TPSA) is 51.9 Å². The van der Waals surface area contributed by atoms with Crippen LogP contribution in [0.4, 0.5) is 5.69 Å². The van der Waals surface area contributed by atoms with Crippen LogP contribution in [0.2, 0.25) is 0 Å². The number of hydrogen-bond acceptors (Lipinski definition) is 2. The van der Waals surface area contributed by atoms with Gasteiger partial charge in [0.15, 0.2) is 5.69 Å². The maximum Gasteiger partial charge on any atom is 0.192 e. The molecule has 0 saturated heterocycles. The smallest absolute Gasteiger partial charge is 0.192 e. The first kappa shape index (κ1) is 9.78. The third kappa shape index (κ3) is 1.30. The van der Waals surface area contributed by atoms with Gasteiger partial charge in [-0.2, -0.15) is 10.5 Å². The predicted molar refractivity (Wildman–Crippen MR) is 51.6 cm³/mol. The fourth-order valence-corrected chi connectivity index (χ4v) is 1.30. The Morgan fingerprint density at radius 1 is 1.21 bits per heavy atom. The van der Waals surface area contributed by atoms with Gasteiger partial charge in [0, 0.05) is 11.1 Å². The van der Waals surface area contributed by atoms with Crippen LogP contribution in [0.15, 0.2) is 6.07 Å². The van der Waals surface area contributed by atoms with Gasteiger partial charge in [0.2, 0.25) is 0 Å². The first-order valence-corrected chi connectivity index (χ1v) is 3.97. The summed E-state index contributed by atoms with van der Waals surface area (Å²) in [7, 11) is 0. The summed E-state index contributed by atoms with van der Waals surface area (Å²) in [6, 6.07) is 5.52. The van der Waals surface area contributed by atoms with Crippen LogP contribution in [0.3, 0.4) is 0 Å². The fourth-order valence-electron chi connectivity index (χ4n) is 1.30. The lowest BCUT2D eigenvalue weighted by molar-refractivity contribution is 1.30. The number of rotatable bonds is 0. The van der Waals surface area contributed by atoms with E-state index < -0.39 is 0 Å². The minimum atomic E-state index is 0.378. The summed E-state index contributed by atoms with van der Waals surface area (Å²) in [4.78, 5) is 3.28. The first-order chi connectivity index (χ1) is 6.65. The first-order valence-electron chi connectivity index (χ1n) is 3.97. The molecule has 1 rings (SSSR count). The molecule has 0 amide bonds. The van der Waals surface area contributed by atoms with E-state index >= 15 is 0 Å². The Morgan fingerprint density at radius 2 is 1.86 bits per heavy atom. The SMILES string of the molecule is [C-]#[N+]c1cc(C#N)c(C)c(C#N)c1C. The van der Waals surface area contributed by atoms with Crippen molar-refractivity contribution in [1.82, 2.24) is 0 Å². The standard InChI is InChI=1S/C11H7N3/c1-7-9(5-12)4-11(14-3)8(2)10(7)6-13/h4H,1-2H3. The van der Waals surface area contributed by atoms with Crippen LogP contribution in [0.5, 0.6) is 0 Å². The maximum atomic E-state index is 8.88. The van der Waals surface area contributed by atoms with Gasteiger partial charge >= 0.3 is 0 Å². The molecule has 1 aromatic carbocycles. The van der Waals surface area contributed by atoms with E-state index in [9.17, 15) is 0 Å². The van der Waals surface area contributed by atoms with Gasteiger partial charge in [-0.25, -0.2) is 4.85 Å². The second kappa shape index (κ2) is 3.60. The second-order valence-electron chi connectivity index (χ2n) is 2.90. The lowest BCUT2D eigenvalue weighted by Gasteiger charge is -2.05. The van der Waals surface area contributed by atoms with Crippen LogP contribution >= 0.6 is 0 Å². The van der Waals surface area contributed by atoms with E-state index in [4.69, 9.17) is 17.1 Å². The molecule has 0 aromatic heterocycles. The monoisotopic (exact) mass is 181 g/mol. The largest absolute Gasteiger partial charge is 0.238 e. The van der Waals surface area contributed by atoms with Gasteiger partial charge in [0.05, 0.1) is 18.7 Å². The molecule has 0 aliphatic carbocycles. The van der Waals surface area contributed by atoms with Gasteiger partial charge in [-0.1, -0.05) is 0 Å². The molecule has 0 heterocycles. The number of nitrogens with zero attached hydrogens (tertiary/aromatic N) is 3. The van der Waals surface area contributed by atoms with Gasteiger partial charge in [0.25, 0.3) is 0 Å². The van der Waals surface area contributed by atoms with Gasteiger partial charge in [0.1, 0.15) is 0 Å². The highest BCUT2D eigenvalue weighted by molar-refractivity contribution is 5.65. The maximum absolute atomic E-state index is 8.88. The summed E-state index contributed by atoms with van der Waals surface area (Å²) < 4.78 is 0. The Bertz CT molecular complexity index is 469. The van der Waals surface area contributed by atoms with Crippen LogP contribution in [-0.4, -0.2) is 0 Å². The molecule has 0 unspecified atom stereocenters. The van der Waals surface area contributed by atoms with E-state index in [1.54, 1.807) is 13.8 Å². The molecule has 0 bridgehead atoms. The van der Waals surface area contributed by atoms with Crippen molar-refractivity contribution in [2.24, 2.45) is 0 Å². The van der Waals surface area contributed by atoms with Gasteiger partial charge in [-0.3, -0.25) is 0 Å². The molecule has 0 aliphatic rings. The average Bonchev–Trinajstić information content (AvgIpc) is 2.19. The number of nitriles is 2. The summed E-state index contributed by atoms with van der Waals surface area (Å²) >= 11 is 0. The van der Waals surface area contributed by atoms with E-state index in [-0.39, 0.29) is 0 Å². The molecule has 14 heavy (non-hydrogen) atoms. The van der Waals surface area contributed by atoms with Crippen molar-refractivity contribution in [3.8, 4) is 12.1 Å². The summed E-state index contributed by atoms with van der Waals surface area (Å²) in [5, 5.41) is 17.7. The van der Waals surface area contributed by atoms with E-state index in [0.29, 0.717) is 27.9 Å². The minimum absolute atomic E-state index is 0.378. The molecule has 66 valence electrons. The van der Waals surface area contributed by atoms with Gasteiger partial charge < -0.3 is 0 Å². The zero-order valence-electron chi connectivity index (χ0n) is 7.92. The highest BCUT2D eigenvalue weighted by atomic mass is 14.6. The van der Waals surface area contributed by atoms with Crippen molar-refractivity contribution in [3.05, 3.63) is 39.7 Å². The molecular weight excluding hydrogens is 174 g/mol. The molecule has 0 atom stereocenters. The molecule has 0 fully saturated rings. The van der Waals surface area contributed by atoms with Crippen LogP contribution in [0.1, 0.15) is 22.3 Å². The lowest BCUT2D eigenvalue weighted by atomic mass is 9.97. The molecule has 0 N–H and O–H groups in total. The normalized spacial score (nSPS) is 8.50. The predicted octanol–water partition coefficient (Wildman–Crippen LogP) is 2.60. The van der Waals surface area contributed by atoms with Crippen LogP contribution < -0.4 is 0 Å². The summed E-state index contributed by atoms with van der Waals surface area (Å²) in [5.41, 5.74) is 2.52. The molecule has 1 aromatic rings. The average molecular weight is 181 g/mol. The van der Waals surface area contributed by atoms with Crippen molar-refractivity contribution < 1.29 is 0 Å². The van der Waals surface area contributed by atoms with Crippen molar-refractivity contribution in [3.63, 3.8) is 0 Å². The highest BCUT2D eigenvalue weighted by Gasteiger charge is 2.11. The molecule has 0 radical (unpaired) electrons. The summed E-state index contributed by atoms with van der Waals surface area (Å²) in [6.07, 6.45) is 0. The Kier molecular flexibility index (Phi) is 2.52. The lowest BCUT2D eigenvalue weighted by Crippen LogP contribution is -1.92. The van der Waals surface area contributed by atoms with E-state index in [1.807, 2.05) is 12.1 Å². The fraction of sp³-hybridized carbons (Fsp3) is 0.182. The van der Waals surface area contributed by atoms with E-state index in [2.05, 4.69) is 4.85 Å². The quantitative estimate of drug-likeness (QED) is 0.577. The zero-order chi connectivity index (χ0) is 10.7. The van der Waals surface area contributed by atoms with Gasteiger partial charge in [-0.15, -0.1) is 0 Å². The third-order valence-corrected chi connectivity index (χ3v) is 2.17. The molecular formula is C11H7N3. The summed E-state index contributed by atoms with van der Waals surface area (Å²) in [6.45, 7) is 10.3. The third-order valence-electron chi connectivity index (χ3n) is 2.17. The Morgan fingerprint density at radius 3 is 2.29 bits per heavy atom. The Balaban J connectivity index is 3.71. The molecule has 3 nitrogen and oxygen atoms in total. The van der Waals surface area contributed by atoms with Gasteiger partial charge in [-0.05, 0) is 31.0 Å². The number of benzene rings is 1. The van der Waals surface area contributed by atoms with Crippen LogP contribution in [-0.2, 0) is 0 Å². The van der Waals surface area contributed by atoms with Crippen LogP contribution in [0, 0.1) is 43.1 Å². The van der Waals surface area contributed by atoms with Crippen molar-refractivity contribution in [2.75, 3.05) is 0 Å². The Hall–Kier alpha value is -2.31. The Labute approximate surface area is 82.6 Å².